The van der Waals surface area contributed by atoms with Crippen LogP contribution in [0.1, 0.15) is 15.9 Å². The van der Waals surface area contributed by atoms with Crippen molar-refractivity contribution in [2.75, 3.05) is 0 Å². The number of aromatic nitrogens is 3. The van der Waals surface area contributed by atoms with Gasteiger partial charge in [-0.3, -0.25) is 0 Å². The number of aromatic carboxylic acids is 1. The molecule has 88 valence electrons. The summed E-state index contributed by atoms with van der Waals surface area (Å²) in [6, 6.07) is 5.96. The molecule has 0 aliphatic rings. The number of hydrogen-bond donors (Lipinski definition) is 3. The van der Waals surface area contributed by atoms with Gasteiger partial charge in [0.25, 0.3) is 0 Å². The van der Waals surface area contributed by atoms with Crippen LogP contribution in [0.3, 0.4) is 0 Å². The monoisotopic (exact) mass is 235 g/mol. The molecule has 0 atom stereocenters. The fourth-order valence-corrected chi connectivity index (χ4v) is 1.41. The van der Waals surface area contributed by atoms with Crippen LogP contribution in [0, 0.1) is 0 Å². The minimum absolute atomic E-state index is 0.0948. The van der Waals surface area contributed by atoms with Gasteiger partial charge in [0, 0.05) is 0 Å². The zero-order chi connectivity index (χ0) is 12.4. The van der Waals surface area contributed by atoms with Gasteiger partial charge in [-0.15, -0.1) is 0 Å². The van der Waals surface area contributed by atoms with Gasteiger partial charge >= 0.3 is 17.3 Å². The third-order valence-corrected chi connectivity index (χ3v) is 2.31. The Morgan fingerprint density at radius 1 is 1.12 bits per heavy atom. The van der Waals surface area contributed by atoms with Crippen molar-refractivity contribution < 1.29 is 9.90 Å². The topological polar surface area (TPSA) is 108 Å². The molecule has 0 radical (unpaired) electrons. The number of nitrogens with zero attached hydrogens (tertiary/aromatic N) is 1. The van der Waals surface area contributed by atoms with Crippen LogP contribution in [0.25, 0.3) is 0 Å². The molecule has 0 fully saturated rings. The van der Waals surface area contributed by atoms with Crippen LogP contribution in [0.15, 0.2) is 33.9 Å². The quantitative estimate of drug-likeness (QED) is 0.673. The van der Waals surface area contributed by atoms with Crippen molar-refractivity contribution in [1.82, 2.24) is 14.8 Å². The summed E-state index contributed by atoms with van der Waals surface area (Å²) in [7, 11) is 0. The number of benzene rings is 1. The Hall–Kier alpha value is -2.57. The van der Waals surface area contributed by atoms with Crippen molar-refractivity contribution in [3.8, 4) is 0 Å². The third kappa shape index (κ3) is 2.17. The molecule has 1 aromatic carbocycles. The number of nitrogens with one attached hydrogen (secondary N) is 2. The van der Waals surface area contributed by atoms with Crippen LogP contribution in [0.2, 0.25) is 0 Å². The Bertz CT molecular complexity index is 620. The van der Waals surface area contributed by atoms with Gasteiger partial charge in [0.2, 0.25) is 0 Å². The fraction of sp³-hybridized carbons (Fsp3) is 0.100. The first-order valence-corrected chi connectivity index (χ1v) is 4.77. The first-order chi connectivity index (χ1) is 8.08. The molecule has 7 heteroatoms. The van der Waals surface area contributed by atoms with E-state index in [4.69, 9.17) is 5.11 Å². The Kier molecular flexibility index (Phi) is 2.65. The summed E-state index contributed by atoms with van der Waals surface area (Å²) in [6.45, 7) is 0.0948. The van der Waals surface area contributed by atoms with Crippen LogP contribution in [-0.2, 0) is 6.54 Å². The summed E-state index contributed by atoms with van der Waals surface area (Å²) in [5, 5.41) is 13.0. The average molecular weight is 235 g/mol. The molecular weight excluding hydrogens is 226 g/mol. The minimum Gasteiger partial charge on any atom is -0.478 e. The molecule has 7 nitrogen and oxygen atoms in total. The van der Waals surface area contributed by atoms with Crippen LogP contribution in [0.5, 0.6) is 0 Å². The van der Waals surface area contributed by atoms with Crippen molar-refractivity contribution in [3.63, 3.8) is 0 Å². The molecule has 0 aliphatic carbocycles. The first-order valence-electron chi connectivity index (χ1n) is 4.77. The van der Waals surface area contributed by atoms with Gasteiger partial charge in [0.05, 0.1) is 12.1 Å². The van der Waals surface area contributed by atoms with E-state index in [1.165, 1.54) is 12.1 Å². The zero-order valence-electron chi connectivity index (χ0n) is 8.64. The van der Waals surface area contributed by atoms with Gasteiger partial charge in [-0.05, 0) is 17.7 Å². The molecule has 0 bridgehead atoms. The molecule has 0 saturated heterocycles. The molecule has 3 N–H and O–H groups in total. The molecule has 0 amide bonds. The fourth-order valence-electron chi connectivity index (χ4n) is 1.41. The molecule has 0 saturated carbocycles. The van der Waals surface area contributed by atoms with E-state index in [1.807, 2.05) is 0 Å². The second kappa shape index (κ2) is 4.12. The molecule has 0 aliphatic heterocycles. The van der Waals surface area contributed by atoms with E-state index in [0.29, 0.717) is 5.56 Å². The van der Waals surface area contributed by atoms with Crippen molar-refractivity contribution in [1.29, 1.82) is 0 Å². The molecule has 1 aromatic heterocycles. The lowest BCUT2D eigenvalue weighted by Gasteiger charge is -2.00. The van der Waals surface area contributed by atoms with E-state index >= 15 is 0 Å². The third-order valence-electron chi connectivity index (χ3n) is 2.31. The van der Waals surface area contributed by atoms with E-state index in [-0.39, 0.29) is 12.1 Å². The maximum absolute atomic E-state index is 11.2. The van der Waals surface area contributed by atoms with Crippen LogP contribution < -0.4 is 11.4 Å². The van der Waals surface area contributed by atoms with Crippen LogP contribution in [0.4, 0.5) is 0 Å². The number of carboxylic acid groups (broad SMARTS) is 1. The SMILES string of the molecule is O=C(O)c1ccc(Cn2c(=O)[nH][nH]c2=O)cc1. The molecule has 0 unspecified atom stereocenters. The summed E-state index contributed by atoms with van der Waals surface area (Å²) in [5.74, 6) is -1.02. The maximum Gasteiger partial charge on any atom is 0.344 e. The summed E-state index contributed by atoms with van der Waals surface area (Å²) in [6.07, 6.45) is 0. The summed E-state index contributed by atoms with van der Waals surface area (Å²) >= 11 is 0. The number of rotatable bonds is 3. The smallest absolute Gasteiger partial charge is 0.344 e. The highest BCUT2D eigenvalue weighted by Gasteiger charge is 2.05. The largest absolute Gasteiger partial charge is 0.478 e. The van der Waals surface area contributed by atoms with Crippen molar-refractivity contribution >= 4 is 5.97 Å². The standard InChI is InChI=1S/C10H9N3O4/c14-8(15)7-3-1-6(2-4-7)5-13-9(16)11-12-10(13)17/h1-4H,5H2,(H,11,16)(H,12,17)(H,14,15). The Labute approximate surface area is 94.3 Å². The van der Waals surface area contributed by atoms with E-state index in [9.17, 15) is 14.4 Å². The van der Waals surface area contributed by atoms with E-state index < -0.39 is 17.3 Å². The summed E-state index contributed by atoms with van der Waals surface area (Å²) in [5.41, 5.74) is -0.235. The number of aromatic amines is 2. The first kappa shape index (κ1) is 10.9. The Morgan fingerprint density at radius 2 is 1.65 bits per heavy atom. The highest BCUT2D eigenvalue weighted by atomic mass is 16.4. The zero-order valence-corrected chi connectivity index (χ0v) is 8.64. The van der Waals surface area contributed by atoms with Gasteiger partial charge in [-0.25, -0.2) is 29.1 Å². The maximum atomic E-state index is 11.2. The summed E-state index contributed by atoms with van der Waals surface area (Å²) in [4.78, 5) is 33.0. The molecular formula is C10H9N3O4. The molecule has 0 spiro atoms. The predicted octanol–water partition coefficient (Wildman–Crippen LogP) is -0.389. The minimum atomic E-state index is -1.02. The van der Waals surface area contributed by atoms with E-state index in [2.05, 4.69) is 10.2 Å². The second-order valence-corrected chi connectivity index (χ2v) is 3.45. The van der Waals surface area contributed by atoms with Gasteiger partial charge in [0.15, 0.2) is 0 Å². The highest BCUT2D eigenvalue weighted by molar-refractivity contribution is 5.87. The highest BCUT2D eigenvalue weighted by Crippen LogP contribution is 2.04. The van der Waals surface area contributed by atoms with E-state index in [0.717, 1.165) is 4.57 Å². The van der Waals surface area contributed by atoms with Crippen molar-refractivity contribution in [2.45, 2.75) is 6.54 Å². The lowest BCUT2D eigenvalue weighted by Crippen LogP contribution is -2.26. The average Bonchev–Trinajstić information content (AvgIpc) is 2.61. The number of carboxylic acids is 1. The van der Waals surface area contributed by atoms with Crippen LogP contribution in [-0.4, -0.2) is 25.8 Å². The number of hydrogen-bond acceptors (Lipinski definition) is 3. The van der Waals surface area contributed by atoms with Gasteiger partial charge < -0.3 is 5.11 Å². The molecule has 1 heterocycles. The van der Waals surface area contributed by atoms with Crippen molar-refractivity contribution in [3.05, 3.63) is 56.4 Å². The summed E-state index contributed by atoms with van der Waals surface area (Å²) < 4.78 is 0.982. The Morgan fingerprint density at radius 3 is 2.12 bits per heavy atom. The predicted molar refractivity (Wildman–Crippen MR) is 58.2 cm³/mol. The van der Waals surface area contributed by atoms with Gasteiger partial charge in [-0.2, -0.15) is 0 Å². The molecule has 2 aromatic rings. The van der Waals surface area contributed by atoms with Gasteiger partial charge in [-0.1, -0.05) is 12.1 Å². The van der Waals surface area contributed by atoms with Crippen LogP contribution >= 0.6 is 0 Å². The number of H-pyrrole nitrogens is 2. The lowest BCUT2D eigenvalue weighted by molar-refractivity contribution is 0.0697. The normalized spacial score (nSPS) is 10.4. The Balaban J connectivity index is 2.28. The van der Waals surface area contributed by atoms with E-state index in [1.54, 1.807) is 12.1 Å². The second-order valence-electron chi connectivity index (χ2n) is 3.45. The molecule has 2 rings (SSSR count). The van der Waals surface area contributed by atoms with Crippen molar-refractivity contribution in [2.24, 2.45) is 0 Å². The molecule has 17 heavy (non-hydrogen) atoms. The number of carbonyl (C=O) groups is 1. The lowest BCUT2D eigenvalue weighted by atomic mass is 10.1. The van der Waals surface area contributed by atoms with Gasteiger partial charge in [0.1, 0.15) is 0 Å².